The van der Waals surface area contributed by atoms with Crippen LogP contribution in [0.4, 0.5) is 0 Å². The number of amides is 1. The quantitative estimate of drug-likeness (QED) is 0.895. The van der Waals surface area contributed by atoms with E-state index in [1.54, 1.807) is 6.20 Å². The Labute approximate surface area is 140 Å². The topological polar surface area (TPSA) is 97.1 Å². The second kappa shape index (κ2) is 7.12. The number of aromatic amines is 1. The van der Waals surface area contributed by atoms with Crippen molar-refractivity contribution in [2.75, 3.05) is 19.8 Å². The van der Waals surface area contributed by atoms with Gasteiger partial charge >= 0.3 is 0 Å². The van der Waals surface area contributed by atoms with Crippen LogP contribution in [0.1, 0.15) is 55.5 Å². The van der Waals surface area contributed by atoms with Gasteiger partial charge in [0.25, 0.3) is 0 Å². The SMILES string of the molecule is Cc1cnc(C2COCCN2C(=O)CCc2nnc(C(C)C)o2)[nH]1. The molecule has 8 nitrogen and oxygen atoms in total. The maximum atomic E-state index is 12.6. The van der Waals surface area contributed by atoms with Crippen LogP contribution in [0.5, 0.6) is 0 Å². The van der Waals surface area contributed by atoms with Gasteiger partial charge < -0.3 is 19.0 Å². The smallest absolute Gasteiger partial charge is 0.223 e. The van der Waals surface area contributed by atoms with Crippen molar-refractivity contribution in [3.05, 3.63) is 29.5 Å². The van der Waals surface area contributed by atoms with E-state index >= 15 is 0 Å². The molecule has 0 spiro atoms. The van der Waals surface area contributed by atoms with Crippen LogP contribution < -0.4 is 0 Å². The summed E-state index contributed by atoms with van der Waals surface area (Å²) in [5, 5.41) is 8.00. The lowest BCUT2D eigenvalue weighted by Crippen LogP contribution is -2.44. The highest BCUT2D eigenvalue weighted by Gasteiger charge is 2.30. The minimum atomic E-state index is -0.172. The largest absolute Gasteiger partial charge is 0.425 e. The molecule has 0 bridgehead atoms. The third kappa shape index (κ3) is 3.64. The number of aryl methyl sites for hydroxylation is 2. The van der Waals surface area contributed by atoms with E-state index in [-0.39, 0.29) is 17.9 Å². The Bertz CT molecular complexity index is 693. The molecule has 1 N–H and O–H groups in total. The first-order valence-electron chi connectivity index (χ1n) is 8.25. The Balaban J connectivity index is 1.63. The van der Waals surface area contributed by atoms with Gasteiger partial charge in [0.15, 0.2) is 0 Å². The van der Waals surface area contributed by atoms with Gasteiger partial charge in [-0.1, -0.05) is 13.8 Å². The summed E-state index contributed by atoms with van der Waals surface area (Å²) in [6.07, 6.45) is 2.54. The number of nitrogens with one attached hydrogen (secondary N) is 1. The number of carbonyl (C=O) groups excluding carboxylic acids is 1. The van der Waals surface area contributed by atoms with Gasteiger partial charge in [0.05, 0.1) is 13.2 Å². The van der Waals surface area contributed by atoms with Crippen molar-refractivity contribution in [1.29, 1.82) is 0 Å². The number of nitrogens with zero attached hydrogens (tertiary/aromatic N) is 4. The lowest BCUT2D eigenvalue weighted by atomic mass is 10.1. The number of hydrogen-bond acceptors (Lipinski definition) is 6. The third-order valence-electron chi connectivity index (χ3n) is 4.02. The van der Waals surface area contributed by atoms with Gasteiger partial charge in [-0.15, -0.1) is 10.2 Å². The summed E-state index contributed by atoms with van der Waals surface area (Å²) in [6.45, 7) is 7.48. The van der Waals surface area contributed by atoms with Crippen LogP contribution in [0, 0.1) is 6.92 Å². The van der Waals surface area contributed by atoms with Crippen LogP contribution in [-0.4, -0.2) is 50.7 Å². The lowest BCUT2D eigenvalue weighted by molar-refractivity contribution is -0.140. The molecule has 2 aromatic rings. The molecule has 3 heterocycles. The van der Waals surface area contributed by atoms with Crippen LogP contribution in [0.2, 0.25) is 0 Å². The molecule has 0 aromatic carbocycles. The minimum Gasteiger partial charge on any atom is -0.425 e. The average molecular weight is 333 g/mol. The molecule has 8 heteroatoms. The predicted molar refractivity (Wildman–Crippen MR) is 85.3 cm³/mol. The Morgan fingerprint density at radius 3 is 2.96 bits per heavy atom. The molecule has 24 heavy (non-hydrogen) atoms. The molecule has 0 saturated carbocycles. The number of hydrogen-bond donors (Lipinski definition) is 1. The summed E-state index contributed by atoms with van der Waals surface area (Å²) >= 11 is 0. The maximum Gasteiger partial charge on any atom is 0.223 e. The van der Waals surface area contributed by atoms with Crippen molar-refractivity contribution in [3.8, 4) is 0 Å². The highest BCUT2D eigenvalue weighted by molar-refractivity contribution is 5.76. The number of ether oxygens (including phenoxy) is 1. The molecule has 3 rings (SSSR count). The standard InChI is InChI=1S/C16H23N5O3/c1-10(2)16-20-19-13(24-16)4-5-14(22)21-6-7-23-9-12(21)15-17-8-11(3)18-15/h8,10,12H,4-7,9H2,1-3H3,(H,17,18). The minimum absolute atomic E-state index is 0.0432. The normalized spacial score (nSPS) is 18.3. The van der Waals surface area contributed by atoms with Crippen LogP contribution in [0.3, 0.4) is 0 Å². The summed E-state index contributed by atoms with van der Waals surface area (Å²) in [5.41, 5.74) is 0.968. The number of morpholine rings is 1. The molecule has 1 fully saturated rings. The van der Waals surface area contributed by atoms with Gasteiger partial charge in [-0.25, -0.2) is 4.98 Å². The molecule has 130 valence electrons. The average Bonchev–Trinajstić information content (AvgIpc) is 3.21. The van der Waals surface area contributed by atoms with E-state index in [0.29, 0.717) is 44.4 Å². The fourth-order valence-electron chi connectivity index (χ4n) is 2.69. The molecule has 1 aliphatic heterocycles. The maximum absolute atomic E-state index is 12.6. The highest BCUT2D eigenvalue weighted by Crippen LogP contribution is 2.23. The van der Waals surface area contributed by atoms with Crippen LogP contribution >= 0.6 is 0 Å². The van der Waals surface area contributed by atoms with Gasteiger partial charge in [-0.3, -0.25) is 4.79 Å². The molecular formula is C16H23N5O3. The van der Waals surface area contributed by atoms with Crippen molar-refractivity contribution in [3.63, 3.8) is 0 Å². The highest BCUT2D eigenvalue weighted by atomic mass is 16.5. The van der Waals surface area contributed by atoms with Crippen molar-refractivity contribution in [2.24, 2.45) is 0 Å². The molecule has 0 radical (unpaired) electrons. The van der Waals surface area contributed by atoms with Gasteiger partial charge in [0, 0.05) is 37.2 Å². The van der Waals surface area contributed by atoms with Crippen molar-refractivity contribution in [1.82, 2.24) is 25.1 Å². The first kappa shape index (κ1) is 16.6. The number of imidazole rings is 1. The fourth-order valence-corrected chi connectivity index (χ4v) is 2.69. The van der Waals surface area contributed by atoms with Crippen molar-refractivity contribution >= 4 is 5.91 Å². The van der Waals surface area contributed by atoms with Gasteiger partial charge in [-0.05, 0) is 6.92 Å². The zero-order chi connectivity index (χ0) is 17.1. The predicted octanol–water partition coefficient (Wildman–Crippen LogP) is 1.76. The Morgan fingerprint density at radius 2 is 2.29 bits per heavy atom. The summed E-state index contributed by atoms with van der Waals surface area (Å²) in [6, 6.07) is -0.172. The Morgan fingerprint density at radius 1 is 1.46 bits per heavy atom. The summed E-state index contributed by atoms with van der Waals surface area (Å²) < 4.78 is 11.1. The molecule has 1 atom stereocenters. The van der Waals surface area contributed by atoms with E-state index in [0.717, 1.165) is 11.5 Å². The molecule has 0 aliphatic carbocycles. The molecule has 1 saturated heterocycles. The van der Waals surface area contributed by atoms with Crippen LogP contribution in [0.25, 0.3) is 0 Å². The molecule has 1 amide bonds. The second-order valence-electron chi connectivity index (χ2n) is 6.32. The molecular weight excluding hydrogens is 310 g/mol. The first-order chi connectivity index (χ1) is 11.5. The molecule has 1 unspecified atom stereocenters. The van der Waals surface area contributed by atoms with Gasteiger partial charge in [0.1, 0.15) is 11.9 Å². The molecule has 1 aliphatic rings. The Hall–Kier alpha value is -2.22. The first-order valence-corrected chi connectivity index (χ1v) is 8.25. The molecule has 2 aromatic heterocycles. The zero-order valence-corrected chi connectivity index (χ0v) is 14.3. The van der Waals surface area contributed by atoms with E-state index < -0.39 is 0 Å². The fraction of sp³-hybridized carbons (Fsp3) is 0.625. The lowest BCUT2D eigenvalue weighted by Gasteiger charge is -2.34. The number of H-pyrrole nitrogens is 1. The summed E-state index contributed by atoms with van der Waals surface area (Å²) in [4.78, 5) is 22.0. The number of rotatable bonds is 5. The van der Waals surface area contributed by atoms with E-state index in [9.17, 15) is 4.79 Å². The summed E-state index contributed by atoms with van der Waals surface area (Å²) in [7, 11) is 0. The monoisotopic (exact) mass is 333 g/mol. The second-order valence-corrected chi connectivity index (χ2v) is 6.32. The number of carbonyl (C=O) groups is 1. The van der Waals surface area contributed by atoms with E-state index in [2.05, 4.69) is 20.2 Å². The van der Waals surface area contributed by atoms with Crippen LogP contribution in [-0.2, 0) is 16.0 Å². The third-order valence-corrected chi connectivity index (χ3v) is 4.02. The zero-order valence-electron chi connectivity index (χ0n) is 14.3. The van der Waals surface area contributed by atoms with E-state index in [1.165, 1.54) is 0 Å². The van der Waals surface area contributed by atoms with Gasteiger partial charge in [-0.2, -0.15) is 0 Å². The van der Waals surface area contributed by atoms with Crippen LogP contribution in [0.15, 0.2) is 10.6 Å². The van der Waals surface area contributed by atoms with Crippen molar-refractivity contribution < 1.29 is 13.9 Å². The Kier molecular flexibility index (Phi) is 4.94. The van der Waals surface area contributed by atoms with Crippen molar-refractivity contribution in [2.45, 2.75) is 45.6 Å². The number of aromatic nitrogens is 4. The van der Waals surface area contributed by atoms with E-state index in [4.69, 9.17) is 9.15 Å². The summed E-state index contributed by atoms with van der Waals surface area (Å²) in [5.74, 6) is 2.10. The van der Waals surface area contributed by atoms with Gasteiger partial charge in [0.2, 0.25) is 17.7 Å². The van der Waals surface area contributed by atoms with E-state index in [1.807, 2.05) is 25.7 Å².